The second-order valence-electron chi connectivity index (χ2n) is 2.75. The molecule has 4 heteroatoms. The number of carboxylic acids is 1. The van der Waals surface area contributed by atoms with Gasteiger partial charge in [-0.15, -0.1) is 0 Å². The van der Waals surface area contributed by atoms with Crippen molar-refractivity contribution >= 4 is 5.97 Å². The number of nitrogens with zero attached hydrogens (tertiary/aromatic N) is 1. The first-order valence-corrected chi connectivity index (χ1v) is 3.71. The van der Waals surface area contributed by atoms with Gasteiger partial charge in [0.15, 0.2) is 0 Å². The van der Waals surface area contributed by atoms with E-state index in [-0.39, 0.29) is 0 Å². The van der Waals surface area contributed by atoms with Gasteiger partial charge in [0.1, 0.15) is 6.04 Å². The van der Waals surface area contributed by atoms with Crippen LogP contribution in [0.4, 0.5) is 0 Å². The molecule has 0 aromatic carbocycles. The summed E-state index contributed by atoms with van der Waals surface area (Å²) in [4.78, 5) is 10.4. The van der Waals surface area contributed by atoms with Crippen molar-refractivity contribution in [1.29, 1.82) is 0 Å². The van der Waals surface area contributed by atoms with E-state index in [2.05, 4.69) is 0 Å². The van der Waals surface area contributed by atoms with Crippen molar-refractivity contribution in [1.82, 2.24) is 4.57 Å². The number of rotatable bonds is 3. The molecule has 0 spiro atoms. The second-order valence-corrected chi connectivity index (χ2v) is 2.75. The molecule has 4 nitrogen and oxygen atoms in total. The van der Waals surface area contributed by atoms with Crippen molar-refractivity contribution in [3.63, 3.8) is 0 Å². The minimum atomic E-state index is -0.969. The maximum Gasteiger partial charge on any atom is 0.322 e. The van der Waals surface area contributed by atoms with Gasteiger partial charge >= 0.3 is 5.97 Å². The number of aromatic nitrogens is 1. The predicted octanol–water partition coefficient (Wildman–Crippen LogP) is 0.208. The maximum atomic E-state index is 10.4. The van der Waals surface area contributed by atoms with Gasteiger partial charge in [0.25, 0.3) is 0 Å². The summed E-state index contributed by atoms with van der Waals surface area (Å²) in [6, 6.07) is 2.95. The van der Waals surface area contributed by atoms with Gasteiger partial charge in [0, 0.05) is 18.4 Å². The van der Waals surface area contributed by atoms with Gasteiger partial charge in [0.2, 0.25) is 0 Å². The Hall–Kier alpha value is -1.29. The summed E-state index contributed by atoms with van der Waals surface area (Å²) in [6.45, 7) is 2.24. The summed E-state index contributed by atoms with van der Waals surface area (Å²) in [5.74, 6) is -0.969. The van der Waals surface area contributed by atoms with Crippen LogP contribution in [-0.2, 0) is 11.3 Å². The highest BCUT2D eigenvalue weighted by molar-refractivity contribution is 5.72. The van der Waals surface area contributed by atoms with E-state index < -0.39 is 12.0 Å². The van der Waals surface area contributed by atoms with Gasteiger partial charge in [-0.05, 0) is 19.1 Å². The molecule has 12 heavy (non-hydrogen) atoms. The Labute approximate surface area is 70.6 Å². The van der Waals surface area contributed by atoms with Crippen LogP contribution in [0.15, 0.2) is 18.3 Å². The van der Waals surface area contributed by atoms with Crippen LogP contribution in [0, 0.1) is 6.92 Å². The zero-order valence-electron chi connectivity index (χ0n) is 6.90. The van der Waals surface area contributed by atoms with E-state index in [0.29, 0.717) is 6.54 Å². The lowest BCUT2D eigenvalue weighted by molar-refractivity contribution is -0.138. The summed E-state index contributed by atoms with van der Waals surface area (Å²) in [7, 11) is 0. The molecule has 1 aromatic heterocycles. The second kappa shape index (κ2) is 3.40. The van der Waals surface area contributed by atoms with Crippen molar-refractivity contribution in [3.8, 4) is 0 Å². The maximum absolute atomic E-state index is 10.4. The van der Waals surface area contributed by atoms with E-state index in [9.17, 15) is 4.79 Å². The summed E-state index contributed by atoms with van der Waals surface area (Å²) in [6.07, 6.45) is 1.82. The molecule has 1 unspecified atom stereocenters. The first-order valence-electron chi connectivity index (χ1n) is 3.71. The average molecular weight is 168 g/mol. The minimum Gasteiger partial charge on any atom is -0.480 e. The molecule has 1 rings (SSSR count). The predicted molar refractivity (Wildman–Crippen MR) is 44.8 cm³/mol. The Kier molecular flexibility index (Phi) is 2.50. The average Bonchev–Trinajstić information content (AvgIpc) is 2.36. The summed E-state index contributed by atoms with van der Waals surface area (Å²) < 4.78 is 1.82. The molecule has 0 fully saturated rings. The fraction of sp³-hybridized carbons (Fsp3) is 0.375. The Balaban J connectivity index is 2.64. The highest BCUT2D eigenvalue weighted by Gasteiger charge is 2.11. The monoisotopic (exact) mass is 168 g/mol. The summed E-state index contributed by atoms with van der Waals surface area (Å²) >= 11 is 0. The summed E-state index contributed by atoms with van der Waals surface area (Å²) in [5, 5.41) is 8.53. The molecule has 0 radical (unpaired) electrons. The molecule has 1 heterocycles. The van der Waals surface area contributed by atoms with E-state index in [1.54, 1.807) is 0 Å². The summed E-state index contributed by atoms with van der Waals surface area (Å²) in [5.41, 5.74) is 6.38. The highest BCUT2D eigenvalue weighted by atomic mass is 16.4. The van der Waals surface area contributed by atoms with Crippen LogP contribution in [0.3, 0.4) is 0 Å². The molecule has 0 aliphatic heterocycles. The van der Waals surface area contributed by atoms with Gasteiger partial charge < -0.3 is 15.4 Å². The van der Waals surface area contributed by atoms with Gasteiger partial charge in [-0.3, -0.25) is 4.79 Å². The number of aliphatic carboxylic acids is 1. The molecule has 0 bridgehead atoms. The Morgan fingerprint density at radius 2 is 2.50 bits per heavy atom. The van der Waals surface area contributed by atoms with Crippen LogP contribution in [0.1, 0.15) is 5.69 Å². The van der Waals surface area contributed by atoms with Crippen molar-refractivity contribution in [2.75, 3.05) is 0 Å². The molecule has 0 amide bonds. The van der Waals surface area contributed by atoms with Gasteiger partial charge in [0.05, 0.1) is 0 Å². The van der Waals surface area contributed by atoms with Crippen LogP contribution >= 0.6 is 0 Å². The van der Waals surface area contributed by atoms with Crippen molar-refractivity contribution in [2.24, 2.45) is 5.73 Å². The highest BCUT2D eigenvalue weighted by Crippen LogP contribution is 2.00. The normalized spacial score (nSPS) is 12.8. The first kappa shape index (κ1) is 8.80. The molecule has 3 N–H and O–H groups in total. The number of nitrogens with two attached hydrogens (primary N) is 1. The molecule has 0 saturated carbocycles. The van der Waals surface area contributed by atoms with E-state index in [1.807, 2.05) is 29.8 Å². The lowest BCUT2D eigenvalue weighted by Gasteiger charge is -2.09. The van der Waals surface area contributed by atoms with E-state index in [0.717, 1.165) is 5.69 Å². The molecular formula is C8H12N2O2. The zero-order valence-corrected chi connectivity index (χ0v) is 6.90. The largest absolute Gasteiger partial charge is 0.480 e. The number of carbonyl (C=O) groups is 1. The van der Waals surface area contributed by atoms with Crippen LogP contribution in [-0.4, -0.2) is 21.7 Å². The fourth-order valence-electron chi connectivity index (χ4n) is 0.994. The van der Waals surface area contributed by atoms with Gasteiger partial charge in [-0.2, -0.15) is 0 Å². The molecule has 66 valence electrons. The van der Waals surface area contributed by atoms with E-state index in [4.69, 9.17) is 10.8 Å². The van der Waals surface area contributed by atoms with Crippen molar-refractivity contribution in [3.05, 3.63) is 24.0 Å². The Morgan fingerprint density at radius 1 is 1.83 bits per heavy atom. The van der Waals surface area contributed by atoms with Crippen LogP contribution in [0.2, 0.25) is 0 Å². The number of hydrogen-bond acceptors (Lipinski definition) is 2. The van der Waals surface area contributed by atoms with E-state index in [1.165, 1.54) is 0 Å². The third kappa shape index (κ3) is 1.85. The molecular weight excluding hydrogens is 156 g/mol. The number of aryl methyl sites for hydroxylation is 1. The Morgan fingerprint density at radius 3 is 2.92 bits per heavy atom. The quantitative estimate of drug-likeness (QED) is 0.677. The first-order chi connectivity index (χ1) is 5.61. The van der Waals surface area contributed by atoms with E-state index >= 15 is 0 Å². The molecule has 0 aliphatic rings. The molecule has 0 saturated heterocycles. The molecule has 1 atom stereocenters. The molecule has 1 aromatic rings. The van der Waals surface area contributed by atoms with Crippen LogP contribution < -0.4 is 5.73 Å². The SMILES string of the molecule is Cc1cccn1CC(N)C(=O)O. The van der Waals surface area contributed by atoms with Crippen molar-refractivity contribution < 1.29 is 9.90 Å². The Bertz CT molecular complexity index is 280. The lowest BCUT2D eigenvalue weighted by atomic mass is 10.3. The van der Waals surface area contributed by atoms with Crippen molar-refractivity contribution in [2.45, 2.75) is 19.5 Å². The zero-order chi connectivity index (χ0) is 9.14. The third-order valence-corrected chi connectivity index (χ3v) is 1.77. The number of hydrogen-bond donors (Lipinski definition) is 2. The fourth-order valence-corrected chi connectivity index (χ4v) is 0.994. The van der Waals surface area contributed by atoms with Gasteiger partial charge in [-0.1, -0.05) is 0 Å². The van der Waals surface area contributed by atoms with Gasteiger partial charge in [-0.25, -0.2) is 0 Å². The van der Waals surface area contributed by atoms with Crippen LogP contribution in [0.25, 0.3) is 0 Å². The smallest absolute Gasteiger partial charge is 0.322 e. The number of carboxylic acid groups (broad SMARTS) is 1. The molecule has 0 aliphatic carbocycles. The van der Waals surface area contributed by atoms with Crippen LogP contribution in [0.5, 0.6) is 0 Å². The topological polar surface area (TPSA) is 68.2 Å². The standard InChI is InChI=1S/C8H12N2O2/c1-6-3-2-4-10(6)5-7(9)8(11)12/h2-4,7H,5,9H2,1H3,(H,11,12). The third-order valence-electron chi connectivity index (χ3n) is 1.77. The lowest BCUT2D eigenvalue weighted by Crippen LogP contribution is -2.34. The minimum absolute atomic E-state index is 0.328.